The molecule has 0 unspecified atom stereocenters. The molecule has 78 valence electrons. The fourth-order valence-electron chi connectivity index (χ4n) is 1.27. The largest absolute Gasteiger partial charge is 0.467 e. The second-order valence-corrected chi connectivity index (χ2v) is 2.73. The van der Waals surface area contributed by atoms with Gasteiger partial charge in [0.25, 0.3) is 5.91 Å². The normalized spacial score (nSPS) is 26.4. The number of imide groups is 1. The molecule has 1 heterocycles. The maximum absolute atomic E-state index is 12.8. The van der Waals surface area contributed by atoms with Gasteiger partial charge in [0.2, 0.25) is 0 Å². The van der Waals surface area contributed by atoms with Crippen LogP contribution in [0.3, 0.4) is 0 Å². The van der Waals surface area contributed by atoms with Gasteiger partial charge in [-0.3, -0.25) is 4.79 Å². The molecule has 2 amide bonds. The van der Waals surface area contributed by atoms with Gasteiger partial charge in [-0.15, -0.1) is 0 Å². The number of carboxylic acid groups (broad SMARTS) is 1. The summed E-state index contributed by atoms with van der Waals surface area (Å²) >= 11 is 0. The van der Waals surface area contributed by atoms with Crippen molar-refractivity contribution in [3.8, 4) is 0 Å². The summed E-state index contributed by atoms with van der Waals surface area (Å²) < 4.78 is 17.1. The zero-order valence-electron chi connectivity index (χ0n) is 7.27. The lowest BCUT2D eigenvalue weighted by Crippen LogP contribution is -2.43. The van der Waals surface area contributed by atoms with E-state index < -0.39 is 36.6 Å². The van der Waals surface area contributed by atoms with E-state index in [9.17, 15) is 18.8 Å². The lowest BCUT2D eigenvalue weighted by molar-refractivity contribution is -0.148. The van der Waals surface area contributed by atoms with Crippen LogP contribution in [-0.4, -0.2) is 47.3 Å². The van der Waals surface area contributed by atoms with Crippen LogP contribution in [0.1, 0.15) is 6.42 Å². The van der Waals surface area contributed by atoms with Gasteiger partial charge in [0.15, 0.2) is 6.17 Å². The molecule has 1 fully saturated rings. The number of hydrogen-bond acceptors (Lipinski definition) is 4. The van der Waals surface area contributed by atoms with E-state index in [0.717, 1.165) is 7.11 Å². The molecule has 14 heavy (non-hydrogen) atoms. The van der Waals surface area contributed by atoms with Crippen LogP contribution in [0.25, 0.3) is 0 Å². The van der Waals surface area contributed by atoms with Crippen LogP contribution < -0.4 is 0 Å². The summed E-state index contributed by atoms with van der Waals surface area (Å²) in [6, 6.07) is -1.36. The molecular weight excluding hydrogens is 197 g/mol. The van der Waals surface area contributed by atoms with Crippen molar-refractivity contribution in [2.45, 2.75) is 18.6 Å². The first-order chi connectivity index (χ1) is 6.49. The number of likely N-dealkylation sites (tertiary alicyclic amines) is 1. The third-order valence-electron chi connectivity index (χ3n) is 1.93. The van der Waals surface area contributed by atoms with Crippen LogP contribution in [-0.2, 0) is 14.3 Å². The first kappa shape index (κ1) is 10.4. The predicted molar refractivity (Wildman–Crippen MR) is 40.2 cm³/mol. The van der Waals surface area contributed by atoms with Crippen molar-refractivity contribution < 1.29 is 28.6 Å². The Labute approximate surface area is 78.2 Å². The number of hydrogen-bond donors (Lipinski definition) is 1. The summed E-state index contributed by atoms with van der Waals surface area (Å²) in [5.41, 5.74) is 0. The molecule has 6 nitrogen and oxygen atoms in total. The summed E-state index contributed by atoms with van der Waals surface area (Å²) in [6.07, 6.45) is -4.07. The summed E-state index contributed by atoms with van der Waals surface area (Å²) in [4.78, 5) is 32.6. The number of carbonyl (C=O) groups is 3. The van der Waals surface area contributed by atoms with Crippen LogP contribution >= 0.6 is 0 Å². The SMILES string of the molecule is COC(=O)[C@@H]1C[C@@H](F)C(=O)N1C(=O)O. The van der Waals surface area contributed by atoms with Crippen LogP contribution in [0.4, 0.5) is 9.18 Å². The van der Waals surface area contributed by atoms with Gasteiger partial charge >= 0.3 is 12.1 Å². The van der Waals surface area contributed by atoms with Gasteiger partial charge in [0.05, 0.1) is 7.11 Å². The average Bonchev–Trinajstić information content (AvgIpc) is 2.42. The molecule has 0 spiro atoms. The molecule has 0 radical (unpaired) electrons. The average molecular weight is 205 g/mol. The number of alkyl halides is 1. The first-order valence-electron chi connectivity index (χ1n) is 3.77. The van der Waals surface area contributed by atoms with Gasteiger partial charge in [-0.05, 0) is 0 Å². The van der Waals surface area contributed by atoms with Crippen molar-refractivity contribution in [2.24, 2.45) is 0 Å². The number of methoxy groups -OCH3 is 1. The third-order valence-corrected chi connectivity index (χ3v) is 1.93. The molecule has 0 aliphatic carbocycles. The molecule has 0 aromatic rings. The molecular formula is C7H8FNO5. The fraction of sp³-hybridized carbons (Fsp3) is 0.571. The monoisotopic (exact) mass is 205 g/mol. The number of carbonyl (C=O) groups excluding carboxylic acids is 2. The molecule has 2 atom stereocenters. The Hall–Kier alpha value is -1.66. The zero-order valence-corrected chi connectivity index (χ0v) is 7.27. The maximum atomic E-state index is 12.8. The number of halogens is 1. The van der Waals surface area contributed by atoms with E-state index in [4.69, 9.17) is 5.11 Å². The number of ether oxygens (including phenoxy) is 1. The Balaban J connectivity index is 2.91. The second kappa shape index (κ2) is 3.60. The van der Waals surface area contributed by atoms with E-state index in [1.165, 1.54) is 0 Å². The smallest absolute Gasteiger partial charge is 0.414 e. The number of rotatable bonds is 1. The van der Waals surface area contributed by atoms with Crippen LogP contribution in [0.2, 0.25) is 0 Å². The van der Waals surface area contributed by atoms with E-state index in [0.29, 0.717) is 0 Å². The lowest BCUT2D eigenvalue weighted by atomic mass is 10.2. The Morgan fingerprint density at radius 1 is 1.64 bits per heavy atom. The summed E-state index contributed by atoms with van der Waals surface area (Å²) in [5.74, 6) is -2.14. The van der Waals surface area contributed by atoms with Crippen molar-refractivity contribution in [3.05, 3.63) is 0 Å². The Morgan fingerprint density at radius 3 is 2.64 bits per heavy atom. The number of nitrogens with zero attached hydrogens (tertiary/aromatic N) is 1. The molecule has 1 saturated heterocycles. The lowest BCUT2D eigenvalue weighted by Gasteiger charge is -2.16. The van der Waals surface area contributed by atoms with Gasteiger partial charge in [0, 0.05) is 6.42 Å². The zero-order chi connectivity index (χ0) is 10.9. The predicted octanol–water partition coefficient (Wildman–Crippen LogP) is -0.224. The summed E-state index contributed by atoms with van der Waals surface area (Å²) in [7, 11) is 1.04. The quantitative estimate of drug-likeness (QED) is 0.598. The van der Waals surface area contributed by atoms with Crippen molar-refractivity contribution in [3.63, 3.8) is 0 Å². The topological polar surface area (TPSA) is 83.9 Å². The van der Waals surface area contributed by atoms with Crippen LogP contribution in [0.5, 0.6) is 0 Å². The van der Waals surface area contributed by atoms with Crippen molar-refractivity contribution >= 4 is 18.0 Å². The molecule has 0 bridgehead atoms. The molecule has 0 aromatic carbocycles. The minimum absolute atomic E-state index is 0.163. The van der Waals surface area contributed by atoms with Crippen molar-refractivity contribution in [1.82, 2.24) is 4.90 Å². The fourth-order valence-corrected chi connectivity index (χ4v) is 1.27. The summed E-state index contributed by atoms with van der Waals surface area (Å²) in [5, 5.41) is 8.55. The van der Waals surface area contributed by atoms with E-state index in [1.807, 2.05) is 0 Å². The number of esters is 1. The minimum Gasteiger partial charge on any atom is -0.467 e. The highest BCUT2D eigenvalue weighted by molar-refractivity contribution is 6.01. The summed E-state index contributed by atoms with van der Waals surface area (Å²) in [6.45, 7) is 0. The molecule has 1 aliphatic rings. The van der Waals surface area contributed by atoms with Gasteiger partial charge in [-0.2, -0.15) is 0 Å². The van der Waals surface area contributed by atoms with E-state index in [2.05, 4.69) is 4.74 Å². The standard InChI is InChI=1S/C7H8FNO5/c1-14-6(11)4-2-3(8)5(10)9(4)7(12)13/h3-4H,2H2,1H3,(H,12,13)/t3-,4+/m1/s1. The van der Waals surface area contributed by atoms with Crippen LogP contribution in [0.15, 0.2) is 0 Å². The molecule has 1 aliphatic heterocycles. The minimum atomic E-state index is -1.95. The first-order valence-corrected chi connectivity index (χ1v) is 3.77. The van der Waals surface area contributed by atoms with E-state index in [-0.39, 0.29) is 4.90 Å². The maximum Gasteiger partial charge on any atom is 0.414 e. The molecule has 1 N–H and O–H groups in total. The highest BCUT2D eigenvalue weighted by Crippen LogP contribution is 2.22. The Morgan fingerprint density at radius 2 is 2.21 bits per heavy atom. The van der Waals surface area contributed by atoms with Crippen LogP contribution in [0, 0.1) is 0 Å². The third kappa shape index (κ3) is 1.52. The van der Waals surface area contributed by atoms with Gasteiger partial charge in [0.1, 0.15) is 6.04 Å². The van der Waals surface area contributed by atoms with Gasteiger partial charge in [-0.25, -0.2) is 18.9 Å². The number of amides is 2. The highest BCUT2D eigenvalue weighted by Gasteiger charge is 2.47. The molecule has 1 rings (SSSR count). The highest BCUT2D eigenvalue weighted by atomic mass is 19.1. The Bertz CT molecular complexity index is 292. The van der Waals surface area contributed by atoms with E-state index >= 15 is 0 Å². The van der Waals surface area contributed by atoms with Crippen molar-refractivity contribution in [1.29, 1.82) is 0 Å². The van der Waals surface area contributed by atoms with Gasteiger partial charge in [-0.1, -0.05) is 0 Å². The molecule has 0 aromatic heterocycles. The molecule has 0 saturated carbocycles. The van der Waals surface area contributed by atoms with E-state index in [1.54, 1.807) is 0 Å². The van der Waals surface area contributed by atoms with Crippen molar-refractivity contribution in [2.75, 3.05) is 7.11 Å². The molecule has 7 heteroatoms. The second-order valence-electron chi connectivity index (χ2n) is 2.73. The van der Waals surface area contributed by atoms with Gasteiger partial charge < -0.3 is 9.84 Å². The Kier molecular flexibility index (Phi) is 2.68.